The van der Waals surface area contributed by atoms with Gasteiger partial charge in [-0.1, -0.05) is 0 Å². The van der Waals surface area contributed by atoms with Crippen molar-refractivity contribution in [1.29, 1.82) is 0 Å². The SMILES string of the molecule is CC(C)(SCC(=O)Nc1ccc(F)cc1)C(=O)O. The summed E-state index contributed by atoms with van der Waals surface area (Å²) in [7, 11) is 0. The molecule has 0 radical (unpaired) electrons. The van der Waals surface area contributed by atoms with Crippen LogP contribution in [0.15, 0.2) is 24.3 Å². The lowest BCUT2D eigenvalue weighted by Crippen LogP contribution is -2.29. The van der Waals surface area contributed by atoms with Gasteiger partial charge in [-0.15, -0.1) is 11.8 Å². The van der Waals surface area contributed by atoms with Crippen LogP contribution in [0.25, 0.3) is 0 Å². The molecule has 0 aromatic heterocycles. The van der Waals surface area contributed by atoms with Crippen molar-refractivity contribution in [3.05, 3.63) is 30.1 Å². The van der Waals surface area contributed by atoms with E-state index in [4.69, 9.17) is 5.11 Å². The van der Waals surface area contributed by atoms with Gasteiger partial charge in [0.15, 0.2) is 0 Å². The van der Waals surface area contributed by atoms with E-state index in [0.29, 0.717) is 5.69 Å². The Labute approximate surface area is 109 Å². The van der Waals surface area contributed by atoms with E-state index >= 15 is 0 Å². The molecule has 2 N–H and O–H groups in total. The highest BCUT2D eigenvalue weighted by molar-refractivity contribution is 8.02. The van der Waals surface area contributed by atoms with Crippen LogP contribution in [0.2, 0.25) is 0 Å². The summed E-state index contributed by atoms with van der Waals surface area (Å²) in [5.74, 6) is -1.64. The van der Waals surface area contributed by atoms with Gasteiger partial charge in [0.2, 0.25) is 5.91 Å². The molecule has 1 amide bonds. The number of hydrogen-bond acceptors (Lipinski definition) is 3. The van der Waals surface area contributed by atoms with Crippen LogP contribution in [0.5, 0.6) is 0 Å². The van der Waals surface area contributed by atoms with E-state index in [2.05, 4.69) is 5.32 Å². The summed E-state index contributed by atoms with van der Waals surface area (Å²) < 4.78 is 11.6. The van der Waals surface area contributed by atoms with Gasteiger partial charge in [0, 0.05) is 5.69 Å². The lowest BCUT2D eigenvalue weighted by Gasteiger charge is -2.17. The number of amides is 1. The van der Waals surface area contributed by atoms with Gasteiger partial charge in [-0.25, -0.2) is 4.39 Å². The number of carbonyl (C=O) groups is 2. The maximum absolute atomic E-state index is 12.6. The van der Waals surface area contributed by atoms with Gasteiger partial charge >= 0.3 is 5.97 Å². The second-order valence-corrected chi connectivity index (χ2v) is 5.76. The van der Waals surface area contributed by atoms with E-state index < -0.39 is 10.7 Å². The highest BCUT2D eigenvalue weighted by Gasteiger charge is 2.28. The molecule has 1 aromatic rings. The molecule has 0 heterocycles. The predicted octanol–water partition coefficient (Wildman–Crippen LogP) is 2.36. The molecule has 0 unspecified atom stereocenters. The average molecular weight is 271 g/mol. The van der Waals surface area contributed by atoms with Gasteiger partial charge in [-0.3, -0.25) is 9.59 Å². The number of nitrogens with one attached hydrogen (secondary N) is 1. The first-order valence-electron chi connectivity index (χ1n) is 5.24. The Bertz CT molecular complexity index is 445. The number of benzene rings is 1. The minimum absolute atomic E-state index is 0.0245. The van der Waals surface area contributed by atoms with Gasteiger partial charge < -0.3 is 10.4 Å². The van der Waals surface area contributed by atoms with E-state index in [0.717, 1.165) is 11.8 Å². The third-order valence-electron chi connectivity index (χ3n) is 2.21. The summed E-state index contributed by atoms with van der Waals surface area (Å²) >= 11 is 1.03. The van der Waals surface area contributed by atoms with Crippen LogP contribution in [0.4, 0.5) is 10.1 Å². The highest BCUT2D eigenvalue weighted by Crippen LogP contribution is 2.24. The number of rotatable bonds is 5. The van der Waals surface area contributed by atoms with E-state index in [1.54, 1.807) is 0 Å². The number of halogens is 1. The fourth-order valence-electron chi connectivity index (χ4n) is 1.04. The molecule has 0 aliphatic heterocycles. The summed E-state index contributed by atoms with van der Waals surface area (Å²) in [4.78, 5) is 22.4. The summed E-state index contributed by atoms with van der Waals surface area (Å²) in [6.45, 7) is 3.07. The molecular weight excluding hydrogens is 257 g/mol. The molecule has 0 fully saturated rings. The van der Waals surface area contributed by atoms with Crippen molar-refractivity contribution >= 4 is 29.3 Å². The smallest absolute Gasteiger partial charge is 0.319 e. The minimum atomic E-state index is -1.01. The van der Waals surface area contributed by atoms with Crippen molar-refractivity contribution in [3.63, 3.8) is 0 Å². The minimum Gasteiger partial charge on any atom is -0.480 e. The maximum Gasteiger partial charge on any atom is 0.319 e. The summed E-state index contributed by atoms with van der Waals surface area (Å²) in [6.07, 6.45) is 0. The topological polar surface area (TPSA) is 66.4 Å². The Balaban J connectivity index is 2.48. The van der Waals surface area contributed by atoms with Gasteiger partial charge in [0.05, 0.1) is 5.75 Å². The number of carbonyl (C=O) groups excluding carboxylic acids is 1. The van der Waals surface area contributed by atoms with Crippen LogP contribution < -0.4 is 5.32 Å². The number of carboxylic acid groups (broad SMARTS) is 1. The molecule has 1 aromatic carbocycles. The first-order valence-corrected chi connectivity index (χ1v) is 6.22. The van der Waals surface area contributed by atoms with Crippen LogP contribution in [0.1, 0.15) is 13.8 Å². The van der Waals surface area contributed by atoms with Crippen molar-refractivity contribution in [3.8, 4) is 0 Å². The van der Waals surface area contributed by atoms with E-state index in [-0.39, 0.29) is 17.5 Å². The largest absolute Gasteiger partial charge is 0.480 e. The van der Waals surface area contributed by atoms with Crippen molar-refractivity contribution < 1.29 is 19.1 Å². The Morgan fingerprint density at radius 1 is 1.33 bits per heavy atom. The molecular formula is C12H14FNO3S. The highest BCUT2D eigenvalue weighted by atomic mass is 32.2. The fraction of sp³-hybridized carbons (Fsp3) is 0.333. The van der Waals surface area contributed by atoms with Crippen LogP contribution in [0.3, 0.4) is 0 Å². The number of anilines is 1. The molecule has 1 rings (SSSR count). The second-order valence-electron chi connectivity index (χ2n) is 4.16. The van der Waals surface area contributed by atoms with Crippen molar-refractivity contribution in [1.82, 2.24) is 0 Å². The van der Waals surface area contributed by atoms with Crippen molar-refractivity contribution in [2.24, 2.45) is 0 Å². The normalized spacial score (nSPS) is 11.1. The van der Waals surface area contributed by atoms with Gasteiger partial charge in [0.1, 0.15) is 10.6 Å². The predicted molar refractivity (Wildman–Crippen MR) is 69.2 cm³/mol. The Morgan fingerprint density at radius 2 is 1.89 bits per heavy atom. The molecule has 6 heteroatoms. The van der Waals surface area contributed by atoms with E-state index in [1.807, 2.05) is 0 Å². The molecule has 0 spiro atoms. The number of thioether (sulfide) groups is 1. The molecule has 0 bridgehead atoms. The zero-order valence-electron chi connectivity index (χ0n) is 10.1. The average Bonchev–Trinajstić information content (AvgIpc) is 2.29. The molecule has 0 aliphatic rings. The van der Waals surface area contributed by atoms with Crippen molar-refractivity contribution in [2.45, 2.75) is 18.6 Å². The monoisotopic (exact) mass is 271 g/mol. The van der Waals surface area contributed by atoms with E-state index in [1.165, 1.54) is 38.1 Å². The van der Waals surface area contributed by atoms with Gasteiger partial charge in [-0.2, -0.15) is 0 Å². The molecule has 98 valence electrons. The summed E-state index contributed by atoms with van der Waals surface area (Å²) in [5, 5.41) is 11.4. The fourth-order valence-corrected chi connectivity index (χ4v) is 1.73. The van der Waals surface area contributed by atoms with Gasteiger partial charge in [-0.05, 0) is 38.1 Å². The molecule has 0 saturated carbocycles. The standard InChI is InChI=1S/C12H14FNO3S/c1-12(2,11(16)17)18-7-10(15)14-9-5-3-8(13)4-6-9/h3-6H,7H2,1-2H3,(H,14,15)(H,16,17). The van der Waals surface area contributed by atoms with Crippen LogP contribution in [-0.4, -0.2) is 27.5 Å². The zero-order valence-corrected chi connectivity index (χ0v) is 10.9. The molecule has 4 nitrogen and oxygen atoms in total. The lowest BCUT2D eigenvalue weighted by molar-refractivity contribution is -0.138. The quantitative estimate of drug-likeness (QED) is 0.862. The van der Waals surface area contributed by atoms with Crippen LogP contribution in [-0.2, 0) is 9.59 Å². The van der Waals surface area contributed by atoms with Crippen molar-refractivity contribution in [2.75, 3.05) is 11.1 Å². The zero-order chi connectivity index (χ0) is 13.8. The molecule has 0 aliphatic carbocycles. The first kappa shape index (κ1) is 14.5. The summed E-state index contributed by atoms with van der Waals surface area (Å²) in [6, 6.07) is 5.37. The number of carboxylic acids is 1. The van der Waals surface area contributed by atoms with Crippen LogP contribution >= 0.6 is 11.8 Å². The maximum atomic E-state index is 12.6. The second kappa shape index (κ2) is 5.86. The number of hydrogen-bond donors (Lipinski definition) is 2. The van der Waals surface area contributed by atoms with Gasteiger partial charge in [0.25, 0.3) is 0 Å². The Morgan fingerprint density at radius 3 is 2.39 bits per heavy atom. The Kier molecular flexibility index (Phi) is 4.72. The lowest BCUT2D eigenvalue weighted by atomic mass is 10.2. The first-order chi connectivity index (χ1) is 8.31. The Hall–Kier alpha value is -1.56. The molecule has 18 heavy (non-hydrogen) atoms. The summed E-state index contributed by atoms with van der Waals surface area (Å²) in [5.41, 5.74) is 0.482. The molecule has 0 saturated heterocycles. The number of aliphatic carboxylic acids is 1. The molecule has 0 atom stereocenters. The third-order valence-corrected chi connectivity index (χ3v) is 3.51. The third kappa shape index (κ3) is 4.37. The van der Waals surface area contributed by atoms with Crippen LogP contribution in [0, 0.1) is 5.82 Å². The van der Waals surface area contributed by atoms with E-state index in [9.17, 15) is 14.0 Å².